The van der Waals surface area contributed by atoms with Crippen molar-refractivity contribution in [1.82, 2.24) is 0 Å². The molecule has 0 amide bonds. The maximum atomic E-state index is 9.10. The second kappa shape index (κ2) is 5.03. The fourth-order valence-corrected chi connectivity index (χ4v) is 2.26. The fourth-order valence-electron chi connectivity index (χ4n) is 1.71. The van der Waals surface area contributed by atoms with E-state index in [-0.39, 0.29) is 0 Å². The Morgan fingerprint density at radius 2 is 1.59 bits per heavy atom. The molecule has 0 atom stereocenters. The molecule has 2 rings (SSSR count). The molecule has 0 aliphatic carbocycles. The molecule has 0 aliphatic rings. The first-order valence-corrected chi connectivity index (χ1v) is 6.00. The van der Waals surface area contributed by atoms with Gasteiger partial charge in [0.1, 0.15) is 6.07 Å². The number of hydrogen-bond acceptors (Lipinski definition) is 2. The quantitative estimate of drug-likeness (QED) is 0.831. The predicted molar refractivity (Wildman–Crippen MR) is 73.4 cm³/mol. The Morgan fingerprint density at radius 3 is 2.24 bits per heavy atom. The molecule has 0 aliphatic heterocycles. The molecule has 2 nitrogen and oxygen atoms in total. The Bertz CT molecular complexity index is 572. The van der Waals surface area contributed by atoms with Crippen LogP contribution in [0.4, 0.5) is 11.4 Å². The zero-order valence-electron chi connectivity index (χ0n) is 9.39. The number of para-hydroxylation sites is 2. The van der Waals surface area contributed by atoms with E-state index in [9.17, 15) is 0 Å². The Labute approximate surface area is 109 Å². The molecule has 0 fully saturated rings. The number of rotatable bonds is 2. The van der Waals surface area contributed by atoms with E-state index in [4.69, 9.17) is 5.26 Å². The summed E-state index contributed by atoms with van der Waals surface area (Å²) < 4.78 is 1.01. The molecule has 0 unspecified atom stereocenters. The van der Waals surface area contributed by atoms with Gasteiger partial charge in [-0.2, -0.15) is 5.26 Å². The summed E-state index contributed by atoms with van der Waals surface area (Å²) in [6.07, 6.45) is 0. The fraction of sp³-hybridized carbons (Fsp3) is 0.0714. The molecule has 0 N–H and O–H groups in total. The highest BCUT2D eigenvalue weighted by molar-refractivity contribution is 9.10. The van der Waals surface area contributed by atoms with Gasteiger partial charge < -0.3 is 4.90 Å². The van der Waals surface area contributed by atoms with E-state index in [0.29, 0.717) is 5.56 Å². The van der Waals surface area contributed by atoms with E-state index in [1.54, 1.807) is 0 Å². The zero-order valence-corrected chi connectivity index (χ0v) is 11.0. The largest absolute Gasteiger partial charge is 0.343 e. The normalized spacial score (nSPS) is 9.71. The molecule has 0 saturated carbocycles. The van der Waals surface area contributed by atoms with Gasteiger partial charge in [0.05, 0.1) is 16.9 Å². The average Bonchev–Trinajstić information content (AvgIpc) is 2.38. The van der Waals surface area contributed by atoms with Crippen LogP contribution in [0, 0.1) is 11.3 Å². The van der Waals surface area contributed by atoms with Crippen LogP contribution in [0.25, 0.3) is 0 Å². The Kier molecular flexibility index (Phi) is 3.46. The lowest BCUT2D eigenvalue weighted by molar-refractivity contribution is 1.19. The van der Waals surface area contributed by atoms with Crippen molar-refractivity contribution in [1.29, 1.82) is 5.26 Å². The monoisotopic (exact) mass is 286 g/mol. The van der Waals surface area contributed by atoms with Crippen LogP contribution in [0.2, 0.25) is 0 Å². The summed E-state index contributed by atoms with van der Waals surface area (Å²) in [5.41, 5.74) is 2.61. The summed E-state index contributed by atoms with van der Waals surface area (Å²) >= 11 is 3.52. The lowest BCUT2D eigenvalue weighted by Crippen LogP contribution is -2.11. The van der Waals surface area contributed by atoms with Gasteiger partial charge >= 0.3 is 0 Å². The van der Waals surface area contributed by atoms with Gasteiger partial charge in [-0.05, 0) is 40.2 Å². The van der Waals surface area contributed by atoms with Crippen LogP contribution < -0.4 is 4.90 Å². The van der Waals surface area contributed by atoms with Crippen molar-refractivity contribution in [2.75, 3.05) is 11.9 Å². The zero-order chi connectivity index (χ0) is 12.3. The van der Waals surface area contributed by atoms with Gasteiger partial charge in [0.25, 0.3) is 0 Å². The van der Waals surface area contributed by atoms with Crippen molar-refractivity contribution in [3.05, 3.63) is 58.6 Å². The lowest BCUT2D eigenvalue weighted by Gasteiger charge is -2.21. The van der Waals surface area contributed by atoms with Crippen LogP contribution in [0.3, 0.4) is 0 Å². The topological polar surface area (TPSA) is 27.0 Å². The van der Waals surface area contributed by atoms with Crippen LogP contribution in [-0.4, -0.2) is 7.05 Å². The van der Waals surface area contributed by atoms with Gasteiger partial charge in [0, 0.05) is 11.5 Å². The Balaban J connectivity index is 2.48. The molecule has 0 radical (unpaired) electrons. The van der Waals surface area contributed by atoms with Crippen LogP contribution in [0.1, 0.15) is 5.56 Å². The number of anilines is 2. The number of halogens is 1. The molecule has 3 heteroatoms. The highest BCUT2D eigenvalue weighted by Crippen LogP contribution is 2.31. The van der Waals surface area contributed by atoms with Gasteiger partial charge in [-0.15, -0.1) is 0 Å². The van der Waals surface area contributed by atoms with E-state index >= 15 is 0 Å². The summed E-state index contributed by atoms with van der Waals surface area (Å²) in [5, 5.41) is 9.10. The summed E-state index contributed by atoms with van der Waals surface area (Å²) in [4.78, 5) is 2.00. The highest BCUT2D eigenvalue weighted by Gasteiger charge is 2.10. The predicted octanol–water partition coefficient (Wildman–Crippen LogP) is 4.09. The van der Waals surface area contributed by atoms with E-state index in [1.165, 1.54) is 0 Å². The molecule has 2 aromatic carbocycles. The van der Waals surface area contributed by atoms with E-state index in [1.807, 2.05) is 60.5 Å². The van der Waals surface area contributed by atoms with Gasteiger partial charge in [-0.3, -0.25) is 0 Å². The number of nitriles is 1. The number of benzene rings is 2. The standard InChI is InChI=1S/C14H11BrN2/c1-17(14-9-5-3-7-12(14)15)13-8-4-2-6-11(13)10-16/h2-9H,1H3. The van der Waals surface area contributed by atoms with Crippen molar-refractivity contribution in [2.45, 2.75) is 0 Å². The molecule has 0 saturated heterocycles. The van der Waals surface area contributed by atoms with Crippen molar-refractivity contribution in [2.24, 2.45) is 0 Å². The Hall–Kier alpha value is -1.79. The van der Waals surface area contributed by atoms with Crippen LogP contribution >= 0.6 is 15.9 Å². The number of nitrogens with zero attached hydrogens (tertiary/aromatic N) is 2. The summed E-state index contributed by atoms with van der Waals surface area (Å²) in [6.45, 7) is 0. The Morgan fingerprint density at radius 1 is 1.00 bits per heavy atom. The average molecular weight is 287 g/mol. The van der Waals surface area contributed by atoms with Crippen LogP contribution in [0.5, 0.6) is 0 Å². The molecule has 0 bridgehead atoms. The minimum absolute atomic E-state index is 0.672. The van der Waals surface area contributed by atoms with Gasteiger partial charge in [0.15, 0.2) is 0 Å². The molecule has 0 heterocycles. The molecule has 84 valence electrons. The SMILES string of the molecule is CN(c1ccccc1Br)c1ccccc1C#N. The first-order chi connectivity index (χ1) is 8.24. The second-order valence-corrected chi connectivity index (χ2v) is 4.49. The summed E-state index contributed by atoms with van der Waals surface area (Å²) in [6, 6.07) is 17.7. The van der Waals surface area contributed by atoms with Crippen molar-refractivity contribution in [3.8, 4) is 6.07 Å². The smallest absolute Gasteiger partial charge is 0.101 e. The first kappa shape index (κ1) is 11.7. The van der Waals surface area contributed by atoms with Gasteiger partial charge in [-0.25, -0.2) is 0 Å². The van der Waals surface area contributed by atoms with Crippen LogP contribution in [0.15, 0.2) is 53.0 Å². The summed E-state index contributed by atoms with van der Waals surface area (Å²) in [5.74, 6) is 0. The lowest BCUT2D eigenvalue weighted by atomic mass is 10.1. The maximum Gasteiger partial charge on any atom is 0.101 e. The van der Waals surface area contributed by atoms with E-state index in [2.05, 4.69) is 22.0 Å². The molecule has 17 heavy (non-hydrogen) atoms. The number of hydrogen-bond donors (Lipinski definition) is 0. The van der Waals surface area contributed by atoms with E-state index < -0.39 is 0 Å². The molecule has 0 aromatic heterocycles. The van der Waals surface area contributed by atoms with E-state index in [0.717, 1.165) is 15.8 Å². The van der Waals surface area contributed by atoms with Gasteiger partial charge in [0.2, 0.25) is 0 Å². The molecule has 2 aromatic rings. The second-order valence-electron chi connectivity index (χ2n) is 3.64. The van der Waals surface area contributed by atoms with Crippen LogP contribution in [-0.2, 0) is 0 Å². The molecular formula is C14H11BrN2. The van der Waals surface area contributed by atoms with Crippen molar-refractivity contribution < 1.29 is 0 Å². The van der Waals surface area contributed by atoms with Crippen molar-refractivity contribution in [3.63, 3.8) is 0 Å². The maximum absolute atomic E-state index is 9.10. The molecule has 0 spiro atoms. The first-order valence-electron chi connectivity index (χ1n) is 5.21. The minimum Gasteiger partial charge on any atom is -0.343 e. The highest BCUT2D eigenvalue weighted by atomic mass is 79.9. The minimum atomic E-state index is 0.672. The van der Waals surface area contributed by atoms with Crippen molar-refractivity contribution >= 4 is 27.3 Å². The third kappa shape index (κ3) is 2.32. The van der Waals surface area contributed by atoms with Gasteiger partial charge in [-0.1, -0.05) is 24.3 Å². The third-order valence-electron chi connectivity index (χ3n) is 2.60. The molecular weight excluding hydrogens is 276 g/mol. The summed E-state index contributed by atoms with van der Waals surface area (Å²) in [7, 11) is 1.95. The third-order valence-corrected chi connectivity index (χ3v) is 3.27.